The van der Waals surface area contributed by atoms with Crippen LogP contribution in [0.1, 0.15) is 46.8 Å². The highest BCUT2D eigenvalue weighted by molar-refractivity contribution is 5.91. The van der Waals surface area contributed by atoms with Gasteiger partial charge in [-0.3, -0.25) is 9.48 Å². The zero-order valence-electron chi connectivity index (χ0n) is 13.9. The number of carbonyl (C=O) groups excluding carboxylic acids is 1. The van der Waals surface area contributed by atoms with Crippen molar-refractivity contribution in [1.82, 2.24) is 15.1 Å². The highest BCUT2D eigenvalue weighted by Crippen LogP contribution is 2.18. The van der Waals surface area contributed by atoms with Crippen LogP contribution < -0.4 is 5.32 Å². The fraction of sp³-hybridized carbons (Fsp3) is 0.263. The van der Waals surface area contributed by atoms with E-state index < -0.39 is 0 Å². The van der Waals surface area contributed by atoms with Gasteiger partial charge in [-0.25, -0.2) is 0 Å². The first-order chi connectivity index (χ1) is 11.7. The molecule has 0 radical (unpaired) electrons. The minimum Gasteiger partial charge on any atom is -0.454 e. The third-order valence-electron chi connectivity index (χ3n) is 3.96. The summed E-state index contributed by atoms with van der Waals surface area (Å²) in [6.07, 6.45) is 4.38. The summed E-state index contributed by atoms with van der Waals surface area (Å²) >= 11 is 0. The van der Waals surface area contributed by atoms with Crippen LogP contribution in [-0.2, 0) is 6.54 Å². The Balaban J connectivity index is 1.67. The van der Waals surface area contributed by atoms with Crippen LogP contribution in [-0.4, -0.2) is 15.7 Å². The van der Waals surface area contributed by atoms with Crippen molar-refractivity contribution in [3.05, 3.63) is 77.5 Å². The van der Waals surface area contributed by atoms with E-state index in [1.165, 1.54) is 5.56 Å². The van der Waals surface area contributed by atoms with Crippen molar-refractivity contribution in [2.45, 2.75) is 32.9 Å². The van der Waals surface area contributed by atoms with Gasteiger partial charge in [-0.05, 0) is 37.1 Å². The van der Waals surface area contributed by atoms with Crippen LogP contribution >= 0.6 is 0 Å². The molecule has 2 heterocycles. The first kappa shape index (κ1) is 16.1. The molecule has 124 valence electrons. The van der Waals surface area contributed by atoms with E-state index in [0.717, 1.165) is 12.0 Å². The molecule has 0 fully saturated rings. The maximum absolute atomic E-state index is 12.4. The van der Waals surface area contributed by atoms with Crippen molar-refractivity contribution in [2.75, 3.05) is 0 Å². The second-order valence-corrected chi connectivity index (χ2v) is 5.81. The quantitative estimate of drug-likeness (QED) is 0.752. The maximum atomic E-state index is 12.4. The molecule has 24 heavy (non-hydrogen) atoms. The van der Waals surface area contributed by atoms with E-state index in [2.05, 4.69) is 41.6 Å². The molecule has 1 N–H and O–H groups in total. The molecule has 0 bridgehead atoms. The van der Waals surface area contributed by atoms with Gasteiger partial charge >= 0.3 is 0 Å². The largest absolute Gasteiger partial charge is 0.454 e. The van der Waals surface area contributed by atoms with Crippen molar-refractivity contribution in [3.63, 3.8) is 0 Å². The summed E-state index contributed by atoms with van der Waals surface area (Å²) < 4.78 is 7.40. The van der Waals surface area contributed by atoms with Crippen LogP contribution in [0.2, 0.25) is 0 Å². The van der Waals surface area contributed by atoms with Crippen LogP contribution in [0.25, 0.3) is 0 Å². The van der Waals surface area contributed by atoms with Crippen LogP contribution in [0.15, 0.2) is 59.3 Å². The molecule has 0 aliphatic heterocycles. The van der Waals surface area contributed by atoms with E-state index in [4.69, 9.17) is 4.42 Å². The highest BCUT2D eigenvalue weighted by atomic mass is 16.4. The standard InChI is InChI=1S/C19H21N3O2/c1-3-17(15-7-5-14(2)6-8-15)21-19(23)18-10-9-16(24-18)13-22-12-4-11-20-22/h4-12,17H,3,13H2,1-2H3,(H,21,23)/t17-/m1/s1. The molecule has 2 aromatic heterocycles. The van der Waals surface area contributed by atoms with E-state index in [-0.39, 0.29) is 11.9 Å². The molecule has 1 atom stereocenters. The average molecular weight is 323 g/mol. The second-order valence-electron chi connectivity index (χ2n) is 5.81. The number of carbonyl (C=O) groups is 1. The molecule has 3 rings (SSSR count). The van der Waals surface area contributed by atoms with Crippen LogP contribution in [0.4, 0.5) is 0 Å². The lowest BCUT2D eigenvalue weighted by molar-refractivity contribution is 0.0905. The Morgan fingerprint density at radius 3 is 2.71 bits per heavy atom. The fourth-order valence-electron chi connectivity index (χ4n) is 2.59. The van der Waals surface area contributed by atoms with Crippen molar-refractivity contribution in [3.8, 4) is 0 Å². The van der Waals surface area contributed by atoms with E-state index >= 15 is 0 Å². The SMILES string of the molecule is CC[C@@H](NC(=O)c1ccc(Cn2cccn2)o1)c1ccc(C)cc1. The number of aryl methyl sites for hydroxylation is 1. The minimum atomic E-state index is -0.200. The van der Waals surface area contributed by atoms with Gasteiger partial charge < -0.3 is 9.73 Å². The van der Waals surface area contributed by atoms with Crippen LogP contribution in [0.3, 0.4) is 0 Å². The molecule has 0 aliphatic carbocycles. The van der Waals surface area contributed by atoms with Crippen LogP contribution in [0, 0.1) is 6.92 Å². The first-order valence-corrected chi connectivity index (χ1v) is 8.09. The smallest absolute Gasteiger partial charge is 0.287 e. The topological polar surface area (TPSA) is 60.1 Å². The summed E-state index contributed by atoms with van der Waals surface area (Å²) in [5.41, 5.74) is 2.30. The lowest BCUT2D eigenvalue weighted by Gasteiger charge is -2.17. The predicted octanol–water partition coefficient (Wildman–Crippen LogP) is 3.71. The molecule has 1 aromatic carbocycles. The van der Waals surface area contributed by atoms with E-state index in [9.17, 15) is 4.79 Å². The fourth-order valence-corrected chi connectivity index (χ4v) is 2.59. The third-order valence-corrected chi connectivity index (χ3v) is 3.96. The number of furan rings is 1. The lowest BCUT2D eigenvalue weighted by Crippen LogP contribution is -2.27. The van der Waals surface area contributed by atoms with E-state index in [1.54, 1.807) is 16.9 Å². The molecule has 5 nitrogen and oxygen atoms in total. The summed E-state index contributed by atoms with van der Waals surface area (Å²) in [5.74, 6) is 0.823. The Hall–Kier alpha value is -2.82. The van der Waals surface area contributed by atoms with Gasteiger partial charge in [0.2, 0.25) is 0 Å². The summed E-state index contributed by atoms with van der Waals surface area (Å²) in [4.78, 5) is 12.4. The Morgan fingerprint density at radius 2 is 2.04 bits per heavy atom. The Bertz CT molecular complexity index is 788. The number of amides is 1. The molecule has 0 saturated carbocycles. The van der Waals surface area contributed by atoms with Gasteiger partial charge in [-0.1, -0.05) is 36.8 Å². The maximum Gasteiger partial charge on any atom is 0.287 e. The zero-order chi connectivity index (χ0) is 16.9. The molecule has 0 unspecified atom stereocenters. The monoisotopic (exact) mass is 323 g/mol. The Kier molecular flexibility index (Phi) is 4.79. The second kappa shape index (κ2) is 7.17. The summed E-state index contributed by atoms with van der Waals surface area (Å²) in [5, 5.41) is 7.17. The molecule has 3 aromatic rings. The number of rotatable bonds is 6. The zero-order valence-corrected chi connectivity index (χ0v) is 13.9. The Labute approximate surface area is 141 Å². The number of nitrogens with zero attached hydrogens (tertiary/aromatic N) is 2. The molecule has 0 spiro atoms. The summed E-state index contributed by atoms with van der Waals surface area (Å²) in [6, 6.07) is 13.5. The normalized spacial score (nSPS) is 12.1. The molecule has 1 amide bonds. The van der Waals surface area contributed by atoms with Crippen molar-refractivity contribution >= 4 is 5.91 Å². The third kappa shape index (κ3) is 3.74. The number of benzene rings is 1. The highest BCUT2D eigenvalue weighted by Gasteiger charge is 2.17. The summed E-state index contributed by atoms with van der Waals surface area (Å²) in [6.45, 7) is 4.61. The van der Waals surface area contributed by atoms with Gasteiger partial charge in [0.25, 0.3) is 5.91 Å². The average Bonchev–Trinajstić information content (AvgIpc) is 3.26. The van der Waals surface area contributed by atoms with Gasteiger partial charge in [0, 0.05) is 12.4 Å². The van der Waals surface area contributed by atoms with Gasteiger partial charge in [0.15, 0.2) is 5.76 Å². The van der Waals surface area contributed by atoms with Crippen molar-refractivity contribution in [1.29, 1.82) is 0 Å². The molecular weight excluding hydrogens is 302 g/mol. The molecule has 0 aliphatic rings. The van der Waals surface area contributed by atoms with Crippen molar-refractivity contribution in [2.24, 2.45) is 0 Å². The molecule has 5 heteroatoms. The van der Waals surface area contributed by atoms with E-state index in [0.29, 0.717) is 18.1 Å². The molecule has 0 saturated heterocycles. The van der Waals surface area contributed by atoms with E-state index in [1.807, 2.05) is 25.3 Å². The van der Waals surface area contributed by atoms with Crippen molar-refractivity contribution < 1.29 is 9.21 Å². The number of hydrogen-bond donors (Lipinski definition) is 1. The number of aromatic nitrogens is 2. The van der Waals surface area contributed by atoms with Gasteiger partial charge in [-0.15, -0.1) is 0 Å². The lowest BCUT2D eigenvalue weighted by atomic mass is 10.0. The van der Waals surface area contributed by atoms with Gasteiger partial charge in [-0.2, -0.15) is 5.10 Å². The number of hydrogen-bond acceptors (Lipinski definition) is 3. The number of nitrogens with one attached hydrogen (secondary N) is 1. The minimum absolute atomic E-state index is 0.0298. The van der Waals surface area contributed by atoms with Crippen LogP contribution in [0.5, 0.6) is 0 Å². The predicted molar refractivity (Wildman–Crippen MR) is 91.7 cm³/mol. The first-order valence-electron chi connectivity index (χ1n) is 8.09. The Morgan fingerprint density at radius 1 is 1.25 bits per heavy atom. The van der Waals surface area contributed by atoms with Gasteiger partial charge in [0.05, 0.1) is 12.6 Å². The van der Waals surface area contributed by atoms with Gasteiger partial charge in [0.1, 0.15) is 5.76 Å². The summed E-state index contributed by atoms with van der Waals surface area (Å²) in [7, 11) is 0. The molecular formula is C19H21N3O2.